The van der Waals surface area contributed by atoms with Gasteiger partial charge < -0.3 is 10.1 Å². The molecule has 0 saturated carbocycles. The first kappa shape index (κ1) is 24.8. The van der Waals surface area contributed by atoms with Crippen molar-refractivity contribution >= 4 is 22.6 Å². The average Bonchev–Trinajstić information content (AvgIpc) is 3.16. The molecule has 0 aliphatic carbocycles. The van der Waals surface area contributed by atoms with Crippen LogP contribution < -0.4 is 5.32 Å². The Morgan fingerprint density at radius 2 is 1.70 bits per heavy atom. The summed E-state index contributed by atoms with van der Waals surface area (Å²) in [4.78, 5) is 13.8. The van der Waals surface area contributed by atoms with Crippen molar-refractivity contribution in [2.24, 2.45) is 0 Å². The van der Waals surface area contributed by atoms with E-state index in [1.165, 1.54) is 0 Å². The van der Waals surface area contributed by atoms with E-state index in [-0.39, 0.29) is 5.91 Å². The molecule has 176 valence electrons. The van der Waals surface area contributed by atoms with E-state index in [9.17, 15) is 9.00 Å². The zero-order chi connectivity index (χ0) is 24.0. The molecule has 1 atom stereocenters. The Balaban J connectivity index is 0.00000149. The molecule has 7 nitrogen and oxygen atoms in total. The number of anilines is 1. The fraction of sp³-hybridized carbons (Fsp3) is 0.360. The summed E-state index contributed by atoms with van der Waals surface area (Å²) < 4.78 is 22.1. The normalized spacial score (nSPS) is 14.8. The number of nitrogens with one attached hydrogen (secondary N) is 1. The summed E-state index contributed by atoms with van der Waals surface area (Å²) in [5, 5.41) is 7.51. The van der Waals surface area contributed by atoms with Crippen molar-refractivity contribution in [1.82, 2.24) is 14.1 Å². The Hall–Kier alpha value is -2.81. The van der Waals surface area contributed by atoms with Crippen LogP contribution in [0.25, 0.3) is 5.69 Å². The summed E-state index contributed by atoms with van der Waals surface area (Å²) in [6, 6.07) is 15.2. The smallest absolute Gasteiger partial charge is 0.259 e. The van der Waals surface area contributed by atoms with Gasteiger partial charge in [0.25, 0.3) is 5.91 Å². The van der Waals surface area contributed by atoms with E-state index in [1.807, 2.05) is 81.4 Å². The minimum atomic E-state index is -1.30. The first-order valence-electron chi connectivity index (χ1n) is 11.2. The third kappa shape index (κ3) is 5.58. The molecule has 33 heavy (non-hydrogen) atoms. The lowest BCUT2D eigenvalue weighted by atomic mass is 10.1. The highest BCUT2D eigenvalue weighted by atomic mass is 32.2. The molecule has 4 rings (SSSR count). The Morgan fingerprint density at radius 1 is 1.03 bits per heavy atom. The predicted octanol–water partition coefficient (Wildman–Crippen LogP) is 4.43. The molecule has 1 aliphatic rings. The molecule has 0 spiro atoms. The van der Waals surface area contributed by atoms with Gasteiger partial charge in [-0.2, -0.15) is 5.10 Å². The minimum absolute atomic E-state index is 0.232. The lowest BCUT2D eigenvalue weighted by Crippen LogP contribution is -2.37. The molecule has 8 heteroatoms. The first-order valence-corrected chi connectivity index (χ1v) is 12.3. The number of carbonyl (C=O) groups excluding carboxylic acids is 1. The van der Waals surface area contributed by atoms with Gasteiger partial charge in [0.2, 0.25) is 0 Å². The number of amides is 1. The zero-order valence-corrected chi connectivity index (χ0v) is 20.7. The summed E-state index contributed by atoms with van der Waals surface area (Å²) in [7, 11) is -1.30. The van der Waals surface area contributed by atoms with Crippen LogP contribution in [0.3, 0.4) is 0 Å². The average molecular weight is 469 g/mol. The molecular formula is C25H32N4O3S. The minimum Gasteiger partial charge on any atom is -0.379 e. The van der Waals surface area contributed by atoms with Crippen LogP contribution in [-0.4, -0.2) is 50.5 Å². The molecule has 1 aliphatic heterocycles. The van der Waals surface area contributed by atoms with E-state index < -0.39 is 11.0 Å². The molecule has 1 aromatic heterocycles. The Bertz CT molecular complexity index is 1120. The molecular weight excluding hydrogens is 436 g/mol. The lowest BCUT2D eigenvalue weighted by molar-refractivity contribution is 0.0752. The van der Waals surface area contributed by atoms with Gasteiger partial charge in [-0.1, -0.05) is 38.1 Å². The summed E-state index contributed by atoms with van der Waals surface area (Å²) in [5.74, 6) is -0.232. The highest BCUT2D eigenvalue weighted by molar-refractivity contribution is 7.82. The fourth-order valence-corrected chi connectivity index (χ4v) is 5.03. The third-order valence-electron chi connectivity index (χ3n) is 5.36. The van der Waals surface area contributed by atoms with Crippen LogP contribution in [-0.2, 0) is 15.7 Å². The van der Waals surface area contributed by atoms with Crippen molar-refractivity contribution < 1.29 is 13.7 Å². The van der Waals surface area contributed by atoms with E-state index in [0.717, 1.165) is 16.9 Å². The maximum atomic E-state index is 13.1. The number of hydrogen-bond donors (Lipinski definition) is 1. The Labute approximate surface area is 198 Å². The van der Waals surface area contributed by atoms with Crippen molar-refractivity contribution in [3.05, 3.63) is 71.0 Å². The molecule has 2 aromatic carbocycles. The van der Waals surface area contributed by atoms with Crippen LogP contribution in [0.15, 0.2) is 53.4 Å². The monoisotopic (exact) mass is 468 g/mol. The van der Waals surface area contributed by atoms with Gasteiger partial charge >= 0.3 is 0 Å². The van der Waals surface area contributed by atoms with Crippen molar-refractivity contribution in [2.45, 2.75) is 39.5 Å². The summed E-state index contributed by atoms with van der Waals surface area (Å²) >= 11 is 0. The number of carbonyl (C=O) groups is 1. The van der Waals surface area contributed by atoms with Crippen molar-refractivity contribution in [1.29, 1.82) is 0 Å². The summed E-state index contributed by atoms with van der Waals surface area (Å²) in [6.45, 7) is 12.0. The molecule has 3 aromatic rings. The van der Waals surface area contributed by atoms with Gasteiger partial charge in [0.05, 0.1) is 40.7 Å². The number of benzene rings is 2. The SMILES string of the molecule is CC.Cc1ccc(NC(=O)c2c(C)nn(-c3ccccc3)c2C)cc1S(=O)N1CCOCC1. The number of morpholine rings is 1. The third-order valence-corrected chi connectivity index (χ3v) is 7.01. The van der Waals surface area contributed by atoms with Gasteiger partial charge in [-0.25, -0.2) is 13.2 Å². The van der Waals surface area contributed by atoms with Crippen molar-refractivity contribution in [3.63, 3.8) is 0 Å². The van der Waals surface area contributed by atoms with Crippen LogP contribution in [0.4, 0.5) is 5.69 Å². The van der Waals surface area contributed by atoms with Crippen LogP contribution in [0.1, 0.15) is 41.2 Å². The van der Waals surface area contributed by atoms with Crippen molar-refractivity contribution in [2.75, 3.05) is 31.6 Å². The lowest BCUT2D eigenvalue weighted by Gasteiger charge is -2.26. The van der Waals surface area contributed by atoms with E-state index in [2.05, 4.69) is 10.4 Å². The highest BCUT2D eigenvalue weighted by Crippen LogP contribution is 2.24. The Morgan fingerprint density at radius 3 is 2.36 bits per heavy atom. The number of para-hydroxylation sites is 1. The summed E-state index contributed by atoms with van der Waals surface area (Å²) in [6.07, 6.45) is 0. The van der Waals surface area contributed by atoms with E-state index in [0.29, 0.717) is 48.1 Å². The molecule has 1 saturated heterocycles. The van der Waals surface area contributed by atoms with Crippen LogP contribution in [0.5, 0.6) is 0 Å². The number of ether oxygens (including phenoxy) is 1. The van der Waals surface area contributed by atoms with E-state index in [4.69, 9.17) is 4.74 Å². The second-order valence-corrected chi connectivity index (χ2v) is 8.97. The van der Waals surface area contributed by atoms with E-state index >= 15 is 0 Å². The van der Waals surface area contributed by atoms with Gasteiger partial charge in [0.1, 0.15) is 11.0 Å². The highest BCUT2D eigenvalue weighted by Gasteiger charge is 2.22. The predicted molar refractivity (Wildman–Crippen MR) is 132 cm³/mol. The standard InChI is InChI=1S/C23H26N4O3S.C2H6/c1-16-9-10-19(15-21(16)31(29)26-11-13-30-14-12-26)24-23(28)22-17(2)25-27(18(22)3)20-7-5-4-6-8-20;1-2/h4-10,15H,11-14H2,1-3H3,(H,24,28);1-2H3. The molecule has 1 amide bonds. The van der Waals surface area contributed by atoms with Gasteiger partial charge in [-0.15, -0.1) is 0 Å². The molecule has 0 radical (unpaired) electrons. The maximum Gasteiger partial charge on any atom is 0.259 e. The quantitative estimate of drug-likeness (QED) is 0.601. The fourth-order valence-electron chi connectivity index (χ4n) is 3.70. The second kappa shape index (κ2) is 11.4. The molecule has 1 unspecified atom stereocenters. The van der Waals surface area contributed by atoms with Crippen molar-refractivity contribution in [3.8, 4) is 5.69 Å². The van der Waals surface area contributed by atoms with Crippen LogP contribution in [0, 0.1) is 20.8 Å². The number of hydrogen-bond acceptors (Lipinski definition) is 4. The second-order valence-electron chi connectivity index (χ2n) is 7.52. The van der Waals surface area contributed by atoms with Gasteiger partial charge in [-0.05, 0) is 50.6 Å². The number of nitrogens with zero attached hydrogens (tertiary/aromatic N) is 3. The van der Waals surface area contributed by atoms with Crippen LogP contribution >= 0.6 is 0 Å². The molecule has 1 fully saturated rings. The zero-order valence-electron chi connectivity index (χ0n) is 19.9. The largest absolute Gasteiger partial charge is 0.379 e. The molecule has 1 N–H and O–H groups in total. The number of aryl methyl sites for hydroxylation is 2. The summed E-state index contributed by atoms with van der Waals surface area (Å²) in [5.41, 5.74) is 4.40. The first-order chi connectivity index (χ1) is 16.0. The van der Waals surface area contributed by atoms with Gasteiger partial charge in [0.15, 0.2) is 0 Å². The van der Waals surface area contributed by atoms with E-state index in [1.54, 1.807) is 10.7 Å². The molecule has 2 heterocycles. The number of aromatic nitrogens is 2. The maximum absolute atomic E-state index is 13.1. The van der Waals surface area contributed by atoms with Gasteiger partial charge in [-0.3, -0.25) is 4.79 Å². The van der Waals surface area contributed by atoms with Crippen LogP contribution in [0.2, 0.25) is 0 Å². The number of rotatable bonds is 5. The van der Waals surface area contributed by atoms with Gasteiger partial charge in [0, 0.05) is 18.8 Å². The topological polar surface area (TPSA) is 76.5 Å². The molecule has 0 bridgehead atoms. The Kier molecular flexibility index (Phi) is 8.55.